The van der Waals surface area contributed by atoms with E-state index in [4.69, 9.17) is 34.5 Å². The van der Waals surface area contributed by atoms with E-state index in [1.807, 2.05) is 94.8 Å². The van der Waals surface area contributed by atoms with Crippen LogP contribution in [0.15, 0.2) is 72.1 Å². The number of benzene rings is 1. The van der Waals surface area contributed by atoms with Gasteiger partial charge in [-0.3, -0.25) is 19.2 Å². The summed E-state index contributed by atoms with van der Waals surface area (Å²) in [5.74, 6) is -7.57. The first-order chi connectivity index (χ1) is 40.9. The van der Waals surface area contributed by atoms with Crippen LogP contribution in [-0.2, 0) is 49.3 Å². The van der Waals surface area contributed by atoms with Crippen LogP contribution in [0.1, 0.15) is 162 Å². The number of nitrogens with two attached hydrogens (primary N) is 1. The van der Waals surface area contributed by atoms with Gasteiger partial charge in [0.2, 0.25) is 5.79 Å². The van der Waals surface area contributed by atoms with Gasteiger partial charge in [0.15, 0.2) is 11.4 Å². The maximum atomic E-state index is 14.7. The molecule has 5 heterocycles. The van der Waals surface area contributed by atoms with Crippen LogP contribution in [0.2, 0.25) is 0 Å². The molecule has 0 radical (unpaired) electrons. The maximum Gasteiger partial charge on any atom is 0.329 e. The summed E-state index contributed by atoms with van der Waals surface area (Å²) >= 11 is 0. The van der Waals surface area contributed by atoms with E-state index in [1.165, 1.54) is 18.3 Å². The lowest BCUT2D eigenvalue weighted by Crippen LogP contribution is -2.61. The highest BCUT2D eigenvalue weighted by molar-refractivity contribution is 6.39. The van der Waals surface area contributed by atoms with Gasteiger partial charge < -0.3 is 49.6 Å². The van der Waals surface area contributed by atoms with E-state index in [2.05, 4.69) is 16.0 Å². The number of esters is 1. The van der Waals surface area contributed by atoms with Crippen LogP contribution >= 0.6 is 0 Å². The Kier molecular flexibility index (Phi) is 22.0. The van der Waals surface area contributed by atoms with E-state index in [0.717, 1.165) is 28.0 Å². The molecular formula is C67H92N6O13. The van der Waals surface area contributed by atoms with Gasteiger partial charge in [-0.2, -0.15) is 5.10 Å². The molecule has 8 rings (SSSR count). The first-order valence-corrected chi connectivity index (χ1v) is 31.1. The molecule has 19 nitrogen and oxygen atoms in total. The number of nitrogen functional groups attached to an aromatic ring is 1. The summed E-state index contributed by atoms with van der Waals surface area (Å²) < 4.78 is 32.8. The number of hydrogen-bond donors (Lipinski definition) is 4. The molecule has 5 aliphatic rings. The van der Waals surface area contributed by atoms with E-state index in [-0.39, 0.29) is 67.3 Å². The highest BCUT2D eigenvalue weighted by atomic mass is 16.6. The number of fused-ring (bicyclic) bond motifs is 5. The smallest absolute Gasteiger partial charge is 0.329 e. The number of carbonyl (C=O) groups is 5. The number of hydrogen-bond acceptors (Lipinski definition) is 17. The summed E-state index contributed by atoms with van der Waals surface area (Å²) in [5, 5.41) is 40.3. The molecule has 86 heavy (non-hydrogen) atoms. The molecule has 1 unspecified atom stereocenters. The Morgan fingerprint density at radius 1 is 0.884 bits per heavy atom. The number of rotatable bonds is 9. The molecule has 468 valence electrons. The average Bonchev–Trinajstić information content (AvgIpc) is 1.81. The average molecular weight is 1190 g/mol. The van der Waals surface area contributed by atoms with Crippen LogP contribution in [0.4, 0.5) is 5.82 Å². The first-order valence-electron chi connectivity index (χ1n) is 31.1. The molecule has 15 atom stereocenters. The van der Waals surface area contributed by atoms with Gasteiger partial charge in [-0.1, -0.05) is 77.1 Å². The van der Waals surface area contributed by atoms with Crippen molar-refractivity contribution in [2.75, 3.05) is 26.5 Å². The predicted molar refractivity (Wildman–Crippen MR) is 327 cm³/mol. The van der Waals surface area contributed by atoms with Crippen molar-refractivity contribution in [1.82, 2.24) is 24.6 Å². The molecule has 1 amide bonds. The number of Topliss-reactive ketones (excluding diaryl/α,β-unsaturated/α-hetero) is 3. The fourth-order valence-electron chi connectivity index (χ4n) is 13.3. The second kappa shape index (κ2) is 28.7. The maximum absolute atomic E-state index is 14.7. The van der Waals surface area contributed by atoms with E-state index < -0.39 is 83.9 Å². The number of carbonyl (C=O) groups excluding carboxylic acids is 5. The van der Waals surface area contributed by atoms with Gasteiger partial charge in [0.05, 0.1) is 23.7 Å². The Hall–Kier alpha value is -6.22. The number of aromatic nitrogens is 4. The molecule has 3 fully saturated rings. The molecule has 2 bridgehead atoms. The fraction of sp³-hybridized carbons (Fsp3) is 0.612. The fourth-order valence-corrected chi connectivity index (χ4v) is 13.3. The van der Waals surface area contributed by atoms with Crippen molar-refractivity contribution in [3.8, 4) is 5.75 Å². The standard InChI is InChI=1S/C67H92N6O13/c1-37(2)73-64-57(63(68)69-36-70-64)58(71-73)48-31-46-22-24-49(33-47(46)32-48)84-54-34-50-23-20-44(9)67(81,86-50)62(78)65(79)72-26-16-15-19-51(72)66(80)85-55(41(6)29-45-21-25-52(74)56(30-45)82-10)35-53(75)40(5)28-43(8)60(77)61(83-11)59(76)42(7)27-38(3)17-13-12-14-18-39(54)4/h12-14,17-18,22,24,28,32-33,36-38,40-42,44-45,50-52,54-56,60-61,74,77,81H,15-16,19-21,23,25-27,29-31,34-35H2,1-11H3,(H2,68,69,70)/b14-12+,17-13+,39-18-,43-28+/t38-,40-,41?,42-,44-,45-,50+,51+,52-,54+,55+,56-,60-,61+,67-/m1/s1. The molecule has 3 aliphatic heterocycles. The Morgan fingerprint density at radius 2 is 1.65 bits per heavy atom. The number of aliphatic hydroxyl groups excluding tert-OH is 2. The molecule has 19 heteroatoms. The minimum Gasteiger partial charge on any atom is -0.486 e. The third-order valence-corrected chi connectivity index (χ3v) is 18.6. The monoisotopic (exact) mass is 1190 g/mol. The van der Waals surface area contributed by atoms with E-state index in [1.54, 1.807) is 34.0 Å². The normalized spacial score (nSPS) is 34.1. The lowest BCUT2D eigenvalue weighted by Gasteiger charge is -2.43. The van der Waals surface area contributed by atoms with Gasteiger partial charge in [-0.05, 0) is 156 Å². The lowest BCUT2D eigenvalue weighted by atomic mass is 9.78. The van der Waals surface area contributed by atoms with Gasteiger partial charge in [-0.15, -0.1) is 0 Å². The number of piperidine rings is 1. The molecular weight excluding hydrogens is 1100 g/mol. The highest BCUT2D eigenvalue weighted by Crippen LogP contribution is 2.41. The zero-order chi connectivity index (χ0) is 62.3. The summed E-state index contributed by atoms with van der Waals surface area (Å²) in [6.07, 6.45) is 14.3. The number of methoxy groups -OCH3 is 2. The summed E-state index contributed by atoms with van der Waals surface area (Å²) in [4.78, 5) is 82.5. The number of ether oxygens (including phenoxy) is 5. The van der Waals surface area contributed by atoms with Crippen LogP contribution < -0.4 is 10.5 Å². The van der Waals surface area contributed by atoms with Gasteiger partial charge in [0.25, 0.3) is 11.7 Å². The van der Waals surface area contributed by atoms with Crippen LogP contribution in [0.3, 0.4) is 0 Å². The number of anilines is 1. The van der Waals surface area contributed by atoms with Crippen molar-refractivity contribution in [3.05, 3.63) is 88.9 Å². The molecule has 2 saturated heterocycles. The SMILES string of the molecule is CO[C@@H]1C[C@@H](CC(C)[C@@H]2CC(=O)[C@H](C)/C=C(\C)[C@@H](O)[C@@H](OC)C(=O)[C@H](C)C[C@H](C)/C=C/C=C/C=C(/C)[C@@H](Oc3ccc4c(c3)C=C(c3nn(C(C)C)c5ncnc(N)c35)C4)C[C@@H]3CC[C@@H](C)[C@@](O)(O3)C(=O)C(=O)N3CCCC[C@H]3C(=O)O2)CC[C@H]1O. The summed E-state index contributed by atoms with van der Waals surface area (Å²) in [5.41, 5.74) is 12.0. The van der Waals surface area contributed by atoms with Crippen LogP contribution in [0, 0.1) is 35.5 Å². The number of aliphatic hydroxyl groups is 3. The van der Waals surface area contributed by atoms with Crippen molar-refractivity contribution in [3.63, 3.8) is 0 Å². The molecule has 1 aromatic carbocycles. The molecule has 3 aromatic rings. The molecule has 0 spiro atoms. The van der Waals surface area contributed by atoms with E-state index >= 15 is 0 Å². The number of cyclic esters (lactones) is 1. The predicted octanol–water partition coefficient (Wildman–Crippen LogP) is 9.01. The van der Waals surface area contributed by atoms with Crippen LogP contribution in [0.25, 0.3) is 22.7 Å². The van der Waals surface area contributed by atoms with Gasteiger partial charge in [0, 0.05) is 63.8 Å². The van der Waals surface area contributed by atoms with Crippen molar-refractivity contribution < 1.29 is 63.0 Å². The highest BCUT2D eigenvalue weighted by Gasteiger charge is 2.53. The van der Waals surface area contributed by atoms with Crippen LogP contribution in [-0.4, -0.2) is 145 Å². The molecule has 2 aliphatic carbocycles. The first kappa shape index (κ1) is 65.7. The quantitative estimate of drug-likeness (QED) is 0.0884. The Balaban J connectivity index is 1.10. The number of amides is 1. The molecule has 1 saturated carbocycles. The minimum atomic E-state index is -2.54. The van der Waals surface area contributed by atoms with Crippen molar-refractivity contribution in [2.24, 2.45) is 35.5 Å². The van der Waals surface area contributed by atoms with Crippen molar-refractivity contribution in [2.45, 2.75) is 206 Å². The van der Waals surface area contributed by atoms with Gasteiger partial charge >= 0.3 is 5.97 Å². The van der Waals surface area contributed by atoms with Crippen molar-refractivity contribution in [1.29, 1.82) is 0 Å². The summed E-state index contributed by atoms with van der Waals surface area (Å²) in [6.45, 7) is 16.8. The number of nitrogens with zero attached hydrogens (tertiary/aromatic N) is 5. The third-order valence-electron chi connectivity index (χ3n) is 18.6. The topological polar surface area (TPSA) is 265 Å². The Morgan fingerprint density at radius 3 is 2.38 bits per heavy atom. The van der Waals surface area contributed by atoms with E-state index in [9.17, 15) is 39.3 Å². The minimum absolute atomic E-state index is 0.0281. The lowest BCUT2D eigenvalue weighted by molar-refractivity contribution is -0.265. The van der Waals surface area contributed by atoms with Crippen molar-refractivity contribution >= 4 is 57.7 Å². The third kappa shape index (κ3) is 15.0. The molecule has 5 N–H and O–H groups in total. The number of ketones is 3. The number of allylic oxidation sites excluding steroid dienone is 7. The zero-order valence-corrected chi connectivity index (χ0v) is 52.1. The second-order valence-electron chi connectivity index (χ2n) is 25.5. The molecule has 2 aromatic heterocycles. The van der Waals surface area contributed by atoms with Crippen LogP contribution in [0.5, 0.6) is 5.75 Å². The largest absolute Gasteiger partial charge is 0.486 e. The zero-order valence-electron chi connectivity index (χ0n) is 52.1. The van der Waals surface area contributed by atoms with E-state index in [0.29, 0.717) is 92.4 Å². The second-order valence-corrected chi connectivity index (χ2v) is 25.5. The summed E-state index contributed by atoms with van der Waals surface area (Å²) in [7, 11) is 2.94. The van der Waals surface area contributed by atoms with Gasteiger partial charge in [0.1, 0.15) is 59.8 Å². The summed E-state index contributed by atoms with van der Waals surface area (Å²) in [6, 6.07) is 4.74. The Bertz CT molecular complexity index is 3110. The Labute approximate surface area is 506 Å². The van der Waals surface area contributed by atoms with Gasteiger partial charge in [-0.25, -0.2) is 19.4 Å².